The molecule has 146 valence electrons. The number of fused-ring (bicyclic) bond motifs is 1. The highest BCUT2D eigenvalue weighted by Gasteiger charge is 2.21. The molecule has 0 bridgehead atoms. The molecule has 4 nitrogen and oxygen atoms in total. The first-order chi connectivity index (χ1) is 14.1. The smallest absolute Gasteiger partial charge is 0.233 e. The molecule has 6 heteroatoms. The molecule has 0 aliphatic heterocycles. The fourth-order valence-corrected chi connectivity index (χ4v) is 4.05. The van der Waals surface area contributed by atoms with Crippen LogP contribution in [-0.2, 0) is 17.8 Å². The lowest BCUT2D eigenvalue weighted by Crippen LogP contribution is -2.31. The Labute approximate surface area is 172 Å². The van der Waals surface area contributed by atoms with Crippen LogP contribution in [0.25, 0.3) is 10.2 Å². The highest BCUT2D eigenvalue weighted by atomic mass is 32.1. The lowest BCUT2D eigenvalue weighted by molar-refractivity contribution is -0.118. The van der Waals surface area contributed by atoms with E-state index >= 15 is 0 Å². The van der Waals surface area contributed by atoms with Crippen molar-refractivity contribution in [3.05, 3.63) is 89.7 Å². The summed E-state index contributed by atoms with van der Waals surface area (Å²) in [6, 6.07) is 21.5. The second-order valence-electron chi connectivity index (χ2n) is 6.60. The van der Waals surface area contributed by atoms with E-state index in [0.29, 0.717) is 11.7 Å². The number of amides is 1. The summed E-state index contributed by atoms with van der Waals surface area (Å²) in [6.07, 6.45) is 0.173. The van der Waals surface area contributed by atoms with Crippen molar-refractivity contribution in [3.8, 4) is 5.75 Å². The number of ether oxygens (including phenoxy) is 1. The van der Waals surface area contributed by atoms with Crippen molar-refractivity contribution in [1.82, 2.24) is 4.98 Å². The summed E-state index contributed by atoms with van der Waals surface area (Å²) < 4.78 is 19.4. The van der Waals surface area contributed by atoms with Crippen LogP contribution in [0.15, 0.2) is 72.8 Å². The van der Waals surface area contributed by atoms with Gasteiger partial charge in [0.25, 0.3) is 0 Å². The molecule has 29 heavy (non-hydrogen) atoms. The molecule has 1 amide bonds. The van der Waals surface area contributed by atoms with Crippen molar-refractivity contribution in [3.63, 3.8) is 0 Å². The van der Waals surface area contributed by atoms with Crippen LogP contribution in [0.1, 0.15) is 11.1 Å². The summed E-state index contributed by atoms with van der Waals surface area (Å²) in [5.41, 5.74) is 2.59. The molecule has 0 N–H and O–H groups in total. The zero-order valence-corrected chi connectivity index (χ0v) is 16.7. The molecule has 0 spiro atoms. The molecule has 0 saturated heterocycles. The molecule has 0 radical (unpaired) electrons. The lowest BCUT2D eigenvalue weighted by atomic mass is 10.1. The molecule has 4 aromatic rings. The van der Waals surface area contributed by atoms with Crippen molar-refractivity contribution in [2.45, 2.75) is 13.0 Å². The van der Waals surface area contributed by atoms with E-state index in [2.05, 4.69) is 4.98 Å². The van der Waals surface area contributed by atoms with Crippen LogP contribution >= 0.6 is 11.3 Å². The Bertz CT molecular complexity index is 1130. The van der Waals surface area contributed by atoms with Gasteiger partial charge in [0.15, 0.2) is 5.13 Å². The molecule has 0 saturated carbocycles. The molecular formula is C23H19FN2O2S. The fourth-order valence-electron chi connectivity index (χ4n) is 3.04. The van der Waals surface area contributed by atoms with Crippen LogP contribution in [0.2, 0.25) is 0 Å². The number of halogens is 1. The SMILES string of the molecule is COc1ccc2nc(N(Cc3ccccc3)C(=O)Cc3ccc(F)cc3)sc2c1. The number of rotatable bonds is 6. The van der Waals surface area contributed by atoms with Gasteiger partial charge in [-0.1, -0.05) is 53.8 Å². The van der Waals surface area contributed by atoms with Crippen LogP contribution < -0.4 is 9.64 Å². The third kappa shape index (κ3) is 4.43. The van der Waals surface area contributed by atoms with E-state index in [-0.39, 0.29) is 18.1 Å². The Hall–Kier alpha value is -3.25. The fraction of sp³-hybridized carbons (Fsp3) is 0.130. The molecule has 4 rings (SSSR count). The van der Waals surface area contributed by atoms with Crippen LogP contribution in [0, 0.1) is 5.82 Å². The summed E-state index contributed by atoms with van der Waals surface area (Å²) in [5, 5.41) is 0.629. The molecule has 0 fully saturated rings. The number of anilines is 1. The molecule has 0 aliphatic rings. The van der Waals surface area contributed by atoms with E-state index in [1.165, 1.54) is 23.5 Å². The van der Waals surface area contributed by atoms with E-state index in [1.54, 1.807) is 24.1 Å². The third-order valence-corrected chi connectivity index (χ3v) is 5.61. The monoisotopic (exact) mass is 406 g/mol. The van der Waals surface area contributed by atoms with E-state index in [0.717, 1.165) is 27.1 Å². The van der Waals surface area contributed by atoms with Gasteiger partial charge in [0, 0.05) is 0 Å². The summed E-state index contributed by atoms with van der Waals surface area (Å²) in [4.78, 5) is 19.5. The quantitative estimate of drug-likeness (QED) is 0.441. The van der Waals surface area contributed by atoms with E-state index in [9.17, 15) is 9.18 Å². The number of benzene rings is 3. The maximum atomic E-state index is 13.2. The average molecular weight is 406 g/mol. The Morgan fingerprint density at radius 1 is 1.03 bits per heavy atom. The van der Waals surface area contributed by atoms with Gasteiger partial charge in [-0.25, -0.2) is 9.37 Å². The first kappa shape index (κ1) is 19.1. The molecule has 0 aliphatic carbocycles. The van der Waals surface area contributed by atoms with Crippen molar-refractivity contribution in [1.29, 1.82) is 0 Å². The van der Waals surface area contributed by atoms with Gasteiger partial charge in [-0.05, 0) is 41.5 Å². The van der Waals surface area contributed by atoms with E-state index in [1.807, 2.05) is 48.5 Å². The Morgan fingerprint density at radius 3 is 2.52 bits per heavy atom. The van der Waals surface area contributed by atoms with Crippen LogP contribution in [0.3, 0.4) is 0 Å². The number of methoxy groups -OCH3 is 1. The summed E-state index contributed by atoms with van der Waals surface area (Å²) >= 11 is 1.45. The van der Waals surface area contributed by atoms with Crippen molar-refractivity contribution >= 4 is 32.6 Å². The van der Waals surface area contributed by atoms with Gasteiger partial charge in [-0.3, -0.25) is 9.69 Å². The van der Waals surface area contributed by atoms with Gasteiger partial charge in [0.05, 0.1) is 30.3 Å². The van der Waals surface area contributed by atoms with Crippen LogP contribution in [-0.4, -0.2) is 18.0 Å². The van der Waals surface area contributed by atoms with Crippen molar-refractivity contribution < 1.29 is 13.9 Å². The first-order valence-corrected chi connectivity index (χ1v) is 9.97. The average Bonchev–Trinajstić information content (AvgIpc) is 3.17. The van der Waals surface area contributed by atoms with Crippen molar-refractivity contribution in [2.24, 2.45) is 0 Å². The second-order valence-corrected chi connectivity index (χ2v) is 7.61. The van der Waals surface area contributed by atoms with Crippen LogP contribution in [0.4, 0.5) is 9.52 Å². The Balaban J connectivity index is 1.67. The van der Waals surface area contributed by atoms with Gasteiger partial charge >= 0.3 is 0 Å². The molecule has 3 aromatic carbocycles. The number of hydrogen-bond donors (Lipinski definition) is 0. The number of nitrogens with zero attached hydrogens (tertiary/aromatic N) is 2. The number of aromatic nitrogens is 1. The van der Waals surface area contributed by atoms with Gasteiger partial charge < -0.3 is 4.74 Å². The topological polar surface area (TPSA) is 42.4 Å². The minimum Gasteiger partial charge on any atom is -0.497 e. The maximum absolute atomic E-state index is 13.2. The van der Waals surface area contributed by atoms with E-state index < -0.39 is 0 Å². The summed E-state index contributed by atoms with van der Waals surface area (Å²) in [6.45, 7) is 0.415. The zero-order valence-electron chi connectivity index (χ0n) is 15.8. The molecular weight excluding hydrogens is 387 g/mol. The minimum absolute atomic E-state index is 0.0912. The predicted octanol–water partition coefficient (Wildman–Crippen LogP) is 5.22. The van der Waals surface area contributed by atoms with Gasteiger partial charge in [0.2, 0.25) is 5.91 Å². The van der Waals surface area contributed by atoms with Crippen LogP contribution in [0.5, 0.6) is 5.75 Å². The van der Waals surface area contributed by atoms with Crippen molar-refractivity contribution in [2.75, 3.05) is 12.0 Å². The number of thiazole rings is 1. The number of carbonyl (C=O) groups is 1. The standard InChI is InChI=1S/C23H19FN2O2S/c1-28-19-11-12-20-21(14-19)29-23(25-20)26(15-17-5-3-2-4-6-17)22(27)13-16-7-9-18(24)10-8-16/h2-12,14H,13,15H2,1H3. The lowest BCUT2D eigenvalue weighted by Gasteiger charge is -2.20. The first-order valence-electron chi connectivity index (χ1n) is 9.16. The molecule has 1 heterocycles. The van der Waals surface area contributed by atoms with Gasteiger partial charge in [-0.2, -0.15) is 0 Å². The largest absolute Gasteiger partial charge is 0.497 e. The van der Waals surface area contributed by atoms with Gasteiger partial charge in [0.1, 0.15) is 11.6 Å². The zero-order chi connectivity index (χ0) is 20.2. The normalized spacial score (nSPS) is 10.8. The van der Waals surface area contributed by atoms with Gasteiger partial charge in [-0.15, -0.1) is 0 Å². The summed E-state index contributed by atoms with van der Waals surface area (Å²) in [7, 11) is 1.62. The maximum Gasteiger partial charge on any atom is 0.233 e. The van der Waals surface area contributed by atoms with E-state index in [4.69, 9.17) is 4.74 Å². The number of hydrogen-bond acceptors (Lipinski definition) is 4. The molecule has 0 unspecified atom stereocenters. The molecule has 1 aromatic heterocycles. The highest BCUT2D eigenvalue weighted by molar-refractivity contribution is 7.22. The predicted molar refractivity (Wildman–Crippen MR) is 114 cm³/mol. The number of carbonyl (C=O) groups excluding carboxylic acids is 1. The molecule has 0 atom stereocenters. The minimum atomic E-state index is -0.317. The second kappa shape index (κ2) is 8.41. The highest BCUT2D eigenvalue weighted by Crippen LogP contribution is 2.32. The Morgan fingerprint density at radius 2 is 1.79 bits per heavy atom. The Kier molecular flexibility index (Phi) is 5.53. The third-order valence-electron chi connectivity index (χ3n) is 4.57. The summed E-state index contributed by atoms with van der Waals surface area (Å²) in [5.74, 6) is 0.342.